The van der Waals surface area contributed by atoms with E-state index in [1.54, 1.807) is 6.07 Å². The molecule has 0 atom stereocenters. The number of carbonyl (C=O) groups excluding carboxylic acids is 3. The minimum atomic E-state index is -0.840. The monoisotopic (exact) mass is 359 g/mol. The molecule has 0 saturated heterocycles. The number of ether oxygens (including phenoxy) is 1. The zero-order valence-corrected chi connectivity index (χ0v) is 13.8. The molecule has 7 heteroatoms. The van der Waals surface area contributed by atoms with Crippen molar-refractivity contribution in [3.8, 4) is 0 Å². The zero-order valence-electron chi connectivity index (χ0n) is 13.8. The summed E-state index contributed by atoms with van der Waals surface area (Å²) in [4.78, 5) is 34.5. The molecule has 1 amide bonds. The third-order valence-corrected chi connectivity index (χ3v) is 3.20. The van der Waals surface area contributed by atoms with E-state index < -0.39 is 30.0 Å². The molecule has 0 radical (unpaired) electrons. The Balaban J connectivity index is 1.93. The van der Waals surface area contributed by atoms with Crippen molar-refractivity contribution in [2.24, 2.45) is 0 Å². The van der Waals surface area contributed by atoms with Gasteiger partial charge in [0.1, 0.15) is 11.6 Å². The molecule has 0 aliphatic carbocycles. The third-order valence-electron chi connectivity index (χ3n) is 3.20. The van der Waals surface area contributed by atoms with Crippen molar-refractivity contribution < 1.29 is 27.9 Å². The van der Waals surface area contributed by atoms with Crippen LogP contribution in [0.2, 0.25) is 0 Å². The molecule has 0 heterocycles. The van der Waals surface area contributed by atoms with Crippen molar-refractivity contribution in [1.29, 1.82) is 0 Å². The fourth-order valence-electron chi connectivity index (χ4n) is 2.06. The van der Waals surface area contributed by atoms with Gasteiger partial charge in [0.25, 0.3) is 0 Å². The van der Waals surface area contributed by atoms with Gasteiger partial charge in [0.15, 0.2) is 6.61 Å². The lowest BCUT2D eigenvalue weighted by atomic mass is 10.1. The van der Waals surface area contributed by atoms with E-state index in [0.29, 0.717) is 5.56 Å². The largest absolute Gasteiger partial charge is 0.454 e. The van der Waals surface area contributed by atoms with Gasteiger partial charge in [-0.25, -0.2) is 13.6 Å². The minimum Gasteiger partial charge on any atom is -0.454 e. The van der Waals surface area contributed by atoms with Crippen LogP contribution in [0.3, 0.4) is 0 Å². The number of benzene rings is 2. The van der Waals surface area contributed by atoms with Crippen molar-refractivity contribution in [3.63, 3.8) is 0 Å². The number of rotatable bonds is 6. The van der Waals surface area contributed by atoms with E-state index in [1.807, 2.05) is 0 Å². The van der Waals surface area contributed by atoms with Gasteiger partial charge in [-0.15, -0.1) is 0 Å². The maximum atomic E-state index is 13.9. The van der Waals surface area contributed by atoms with E-state index in [1.165, 1.54) is 43.3 Å². The molecule has 2 aromatic carbocycles. The number of ketones is 1. The molecule has 134 valence electrons. The molecule has 0 spiro atoms. The first-order valence-electron chi connectivity index (χ1n) is 7.56. The van der Waals surface area contributed by atoms with Crippen LogP contribution in [0.25, 0.3) is 6.08 Å². The molecule has 2 rings (SSSR count). The highest BCUT2D eigenvalue weighted by Gasteiger charge is 2.14. The van der Waals surface area contributed by atoms with Crippen molar-refractivity contribution in [2.45, 2.75) is 6.92 Å². The molecule has 2 aromatic rings. The smallest absolute Gasteiger partial charge is 0.331 e. The standard InChI is InChI=1S/C19H15F2NO4/c1-12(23)22-15-6-7-16(17(21)10-15)18(24)11-26-19(25)8-5-13-3-2-4-14(20)9-13/h2-10H,11H2,1H3,(H,22,23)/b8-5+. The van der Waals surface area contributed by atoms with Gasteiger partial charge in [0.05, 0.1) is 5.56 Å². The Hall–Kier alpha value is -3.35. The summed E-state index contributed by atoms with van der Waals surface area (Å²) < 4.78 is 31.7. The predicted octanol–water partition coefficient (Wildman–Crippen LogP) is 3.36. The maximum Gasteiger partial charge on any atom is 0.331 e. The number of amides is 1. The van der Waals surface area contributed by atoms with Crippen molar-refractivity contribution in [3.05, 3.63) is 71.3 Å². The molecular weight excluding hydrogens is 344 g/mol. The molecule has 5 nitrogen and oxygen atoms in total. The lowest BCUT2D eigenvalue weighted by Gasteiger charge is -2.06. The van der Waals surface area contributed by atoms with Crippen LogP contribution in [0.1, 0.15) is 22.8 Å². The molecule has 0 fully saturated rings. The lowest BCUT2D eigenvalue weighted by molar-refractivity contribution is -0.136. The number of esters is 1. The molecular formula is C19H15F2NO4. The fourth-order valence-corrected chi connectivity index (χ4v) is 2.06. The first kappa shape index (κ1) is 19.0. The second kappa shape index (κ2) is 8.66. The maximum absolute atomic E-state index is 13.9. The fraction of sp³-hybridized carbons (Fsp3) is 0.105. The minimum absolute atomic E-state index is 0.210. The molecule has 0 unspecified atom stereocenters. The van der Waals surface area contributed by atoms with Gasteiger partial charge < -0.3 is 10.1 Å². The van der Waals surface area contributed by atoms with Gasteiger partial charge in [-0.2, -0.15) is 0 Å². The van der Waals surface area contributed by atoms with Gasteiger partial charge in [0.2, 0.25) is 11.7 Å². The van der Waals surface area contributed by atoms with Crippen molar-refractivity contribution in [2.75, 3.05) is 11.9 Å². The molecule has 1 N–H and O–H groups in total. The topological polar surface area (TPSA) is 72.5 Å². The molecule has 0 bridgehead atoms. The molecule has 0 aliphatic rings. The van der Waals surface area contributed by atoms with Crippen LogP contribution in [0.15, 0.2) is 48.5 Å². The second-order valence-corrected chi connectivity index (χ2v) is 5.30. The summed E-state index contributed by atoms with van der Waals surface area (Å²) in [7, 11) is 0. The van der Waals surface area contributed by atoms with Crippen LogP contribution >= 0.6 is 0 Å². The summed E-state index contributed by atoms with van der Waals surface area (Å²) >= 11 is 0. The first-order valence-corrected chi connectivity index (χ1v) is 7.56. The Morgan fingerprint density at radius 1 is 1.12 bits per heavy atom. The first-order chi connectivity index (χ1) is 12.3. The second-order valence-electron chi connectivity index (χ2n) is 5.30. The summed E-state index contributed by atoms with van der Waals surface area (Å²) in [6.45, 7) is 0.622. The SMILES string of the molecule is CC(=O)Nc1ccc(C(=O)COC(=O)/C=C/c2cccc(F)c2)c(F)c1. The quantitative estimate of drug-likeness (QED) is 0.488. The van der Waals surface area contributed by atoms with Crippen LogP contribution < -0.4 is 5.32 Å². The molecule has 0 aliphatic heterocycles. The highest BCUT2D eigenvalue weighted by molar-refractivity contribution is 5.99. The summed E-state index contributed by atoms with van der Waals surface area (Å²) in [5, 5.41) is 2.39. The lowest BCUT2D eigenvalue weighted by Crippen LogP contribution is -2.14. The van der Waals surface area contributed by atoms with Gasteiger partial charge in [0, 0.05) is 18.7 Å². The van der Waals surface area contributed by atoms with E-state index in [4.69, 9.17) is 4.74 Å². The molecule has 26 heavy (non-hydrogen) atoms. The van der Waals surface area contributed by atoms with Crippen LogP contribution in [0.4, 0.5) is 14.5 Å². The Bertz CT molecular complexity index is 878. The van der Waals surface area contributed by atoms with Gasteiger partial charge in [-0.1, -0.05) is 12.1 Å². The van der Waals surface area contributed by atoms with Gasteiger partial charge in [-0.3, -0.25) is 9.59 Å². The third kappa shape index (κ3) is 5.62. The van der Waals surface area contributed by atoms with E-state index in [0.717, 1.165) is 12.1 Å². The number of halogens is 2. The summed E-state index contributed by atoms with van der Waals surface area (Å²) in [5.41, 5.74) is 0.399. The Morgan fingerprint density at radius 3 is 2.54 bits per heavy atom. The van der Waals surface area contributed by atoms with E-state index in [9.17, 15) is 23.2 Å². The average Bonchev–Trinajstić information content (AvgIpc) is 2.57. The van der Waals surface area contributed by atoms with Crippen molar-refractivity contribution >= 4 is 29.4 Å². The number of hydrogen-bond acceptors (Lipinski definition) is 4. The van der Waals surface area contributed by atoms with E-state index in [2.05, 4.69) is 5.32 Å². The summed E-state index contributed by atoms with van der Waals surface area (Å²) in [5.74, 6) is -3.22. The van der Waals surface area contributed by atoms with Crippen LogP contribution in [0, 0.1) is 11.6 Å². The van der Waals surface area contributed by atoms with Crippen LogP contribution in [-0.4, -0.2) is 24.3 Å². The Kier molecular flexibility index (Phi) is 6.32. The van der Waals surface area contributed by atoms with E-state index >= 15 is 0 Å². The number of hydrogen-bond donors (Lipinski definition) is 1. The van der Waals surface area contributed by atoms with Crippen molar-refractivity contribution in [1.82, 2.24) is 0 Å². The number of Topliss-reactive ketones (excluding diaryl/α,β-unsaturated/α-hetero) is 1. The van der Waals surface area contributed by atoms with Crippen LogP contribution in [-0.2, 0) is 14.3 Å². The summed E-state index contributed by atoms with van der Waals surface area (Å²) in [6.07, 6.45) is 2.37. The highest BCUT2D eigenvalue weighted by atomic mass is 19.1. The van der Waals surface area contributed by atoms with E-state index in [-0.39, 0.29) is 17.2 Å². The Morgan fingerprint density at radius 2 is 1.88 bits per heavy atom. The number of nitrogens with one attached hydrogen (secondary N) is 1. The highest BCUT2D eigenvalue weighted by Crippen LogP contribution is 2.15. The van der Waals surface area contributed by atoms with Gasteiger partial charge in [-0.05, 0) is 42.0 Å². The predicted molar refractivity (Wildman–Crippen MR) is 91.4 cm³/mol. The molecule has 0 aromatic heterocycles. The average molecular weight is 359 g/mol. The normalized spacial score (nSPS) is 10.6. The van der Waals surface area contributed by atoms with Crippen LogP contribution in [0.5, 0.6) is 0 Å². The Labute approximate surface area is 148 Å². The zero-order chi connectivity index (χ0) is 19.1. The molecule has 0 saturated carbocycles. The van der Waals surface area contributed by atoms with Gasteiger partial charge >= 0.3 is 5.97 Å². The summed E-state index contributed by atoms with van der Waals surface area (Å²) in [6, 6.07) is 9.12. The number of carbonyl (C=O) groups is 3. The number of anilines is 1.